The van der Waals surface area contributed by atoms with Gasteiger partial charge in [-0.2, -0.15) is 0 Å². The van der Waals surface area contributed by atoms with Crippen LogP contribution in [0, 0.1) is 5.82 Å². The van der Waals surface area contributed by atoms with Crippen LogP contribution in [0.15, 0.2) is 48.5 Å². The highest BCUT2D eigenvalue weighted by atomic mass is 32.1. The van der Waals surface area contributed by atoms with E-state index in [9.17, 15) is 19.2 Å². The molecule has 0 spiro atoms. The molecule has 0 bridgehead atoms. The van der Waals surface area contributed by atoms with Gasteiger partial charge in [-0.1, -0.05) is 24.3 Å². The first-order valence-corrected chi connectivity index (χ1v) is 13.4. The average Bonchev–Trinajstić information content (AvgIpc) is 3.28. The van der Waals surface area contributed by atoms with E-state index < -0.39 is 60.2 Å². The molecule has 4 rings (SSSR count). The van der Waals surface area contributed by atoms with Gasteiger partial charge in [0.1, 0.15) is 24.6 Å². The summed E-state index contributed by atoms with van der Waals surface area (Å²) in [6.45, 7) is 4.34. The molecule has 212 valence electrons. The number of hydrogen-bond acceptors (Lipinski definition) is 10. The van der Waals surface area contributed by atoms with Gasteiger partial charge in [-0.3, -0.25) is 19.2 Å². The number of fused-ring (bicyclic) bond motifs is 1. The smallest absolute Gasteiger partial charge is 0.303 e. The van der Waals surface area contributed by atoms with Gasteiger partial charge in [0, 0.05) is 43.7 Å². The molecule has 2 heterocycles. The van der Waals surface area contributed by atoms with E-state index in [1.807, 2.05) is 30.3 Å². The van der Waals surface area contributed by atoms with Crippen LogP contribution in [0.2, 0.25) is 0 Å². The quantitative estimate of drug-likeness (QED) is 0.286. The maximum Gasteiger partial charge on any atom is 0.303 e. The SMILES string of the molecule is CC(=O)OCC1O[C@@H](c2ccc(F)c(Cc3cc4ccccc4s3)c2)C(OC(C)=O)C(OC(C)=O)[C@@H]1OC(C)=O. The maximum atomic E-state index is 15.0. The predicted octanol–water partition coefficient (Wildman–Crippen LogP) is 4.43. The van der Waals surface area contributed by atoms with Crippen molar-refractivity contribution in [1.82, 2.24) is 0 Å². The fourth-order valence-electron chi connectivity index (χ4n) is 4.72. The van der Waals surface area contributed by atoms with E-state index >= 15 is 4.39 Å². The Hall–Kier alpha value is -3.83. The lowest BCUT2D eigenvalue weighted by Gasteiger charge is -2.44. The third kappa shape index (κ3) is 7.02. The first kappa shape index (κ1) is 29.2. The summed E-state index contributed by atoms with van der Waals surface area (Å²) in [5.41, 5.74) is 0.798. The second kappa shape index (κ2) is 12.6. The Morgan fingerprint density at radius 2 is 1.48 bits per heavy atom. The van der Waals surface area contributed by atoms with E-state index in [2.05, 4.69) is 0 Å². The van der Waals surface area contributed by atoms with Crippen molar-refractivity contribution < 1.29 is 47.3 Å². The molecule has 2 aromatic carbocycles. The molecule has 0 saturated carbocycles. The number of hydrogen-bond donors (Lipinski definition) is 0. The van der Waals surface area contributed by atoms with Crippen LogP contribution in [0.3, 0.4) is 0 Å². The van der Waals surface area contributed by atoms with Crippen molar-refractivity contribution in [3.63, 3.8) is 0 Å². The molecule has 1 aromatic heterocycles. The second-order valence-corrected chi connectivity index (χ2v) is 10.6. The van der Waals surface area contributed by atoms with Gasteiger partial charge in [0.2, 0.25) is 0 Å². The summed E-state index contributed by atoms with van der Waals surface area (Å²) in [7, 11) is 0. The molecule has 1 aliphatic heterocycles. The molecule has 0 radical (unpaired) electrons. The number of thiophene rings is 1. The molecule has 1 saturated heterocycles. The number of ether oxygens (including phenoxy) is 5. The number of esters is 4. The van der Waals surface area contributed by atoms with Crippen molar-refractivity contribution in [1.29, 1.82) is 0 Å². The summed E-state index contributed by atoms with van der Waals surface area (Å²) in [5, 5.41) is 1.05. The summed E-state index contributed by atoms with van der Waals surface area (Å²) in [5.74, 6) is -3.20. The van der Waals surface area contributed by atoms with E-state index in [0.717, 1.165) is 28.8 Å². The third-order valence-electron chi connectivity index (χ3n) is 6.23. The summed E-state index contributed by atoms with van der Waals surface area (Å²) < 4.78 is 43.9. The van der Waals surface area contributed by atoms with Crippen LogP contribution in [0.5, 0.6) is 0 Å². The van der Waals surface area contributed by atoms with Gasteiger partial charge in [0.05, 0.1) is 0 Å². The van der Waals surface area contributed by atoms with Crippen molar-refractivity contribution in [2.45, 2.75) is 64.6 Å². The molecule has 9 nitrogen and oxygen atoms in total. The lowest BCUT2D eigenvalue weighted by molar-refractivity contribution is -0.254. The average molecular weight is 573 g/mol. The number of carbonyl (C=O) groups excluding carboxylic acids is 4. The Morgan fingerprint density at radius 1 is 0.825 bits per heavy atom. The van der Waals surface area contributed by atoms with Gasteiger partial charge >= 0.3 is 23.9 Å². The second-order valence-electron chi connectivity index (χ2n) is 9.40. The molecule has 3 aromatic rings. The number of halogens is 1. The molecule has 0 aliphatic carbocycles. The first-order valence-electron chi connectivity index (χ1n) is 12.6. The van der Waals surface area contributed by atoms with E-state index in [-0.39, 0.29) is 6.61 Å². The summed E-state index contributed by atoms with van der Waals surface area (Å²) in [6.07, 6.45) is -5.71. The Labute approximate surface area is 234 Å². The highest BCUT2D eigenvalue weighted by Gasteiger charge is 2.52. The zero-order valence-corrected chi connectivity index (χ0v) is 23.2. The van der Waals surface area contributed by atoms with Crippen LogP contribution < -0.4 is 0 Å². The van der Waals surface area contributed by atoms with Crippen molar-refractivity contribution in [3.8, 4) is 0 Å². The van der Waals surface area contributed by atoms with Crippen LogP contribution in [0.1, 0.15) is 49.8 Å². The topological polar surface area (TPSA) is 114 Å². The third-order valence-corrected chi connectivity index (χ3v) is 7.35. The summed E-state index contributed by atoms with van der Waals surface area (Å²) in [6, 6.07) is 14.2. The molecular weight excluding hydrogens is 543 g/mol. The summed E-state index contributed by atoms with van der Waals surface area (Å²) in [4.78, 5) is 48.7. The first-order chi connectivity index (χ1) is 19.0. The van der Waals surface area contributed by atoms with Crippen LogP contribution in [-0.2, 0) is 49.3 Å². The van der Waals surface area contributed by atoms with Gasteiger partial charge in [-0.25, -0.2) is 4.39 Å². The van der Waals surface area contributed by atoms with E-state index in [0.29, 0.717) is 17.5 Å². The minimum atomic E-state index is -1.30. The minimum absolute atomic E-state index is 0.296. The van der Waals surface area contributed by atoms with Gasteiger partial charge in [0.15, 0.2) is 18.3 Å². The van der Waals surface area contributed by atoms with Crippen molar-refractivity contribution >= 4 is 45.3 Å². The molecule has 5 atom stereocenters. The van der Waals surface area contributed by atoms with Crippen LogP contribution in [0.25, 0.3) is 10.1 Å². The molecule has 0 N–H and O–H groups in total. The molecule has 3 unspecified atom stereocenters. The largest absolute Gasteiger partial charge is 0.463 e. The monoisotopic (exact) mass is 572 g/mol. The normalized spacial score (nSPS) is 22.4. The van der Waals surface area contributed by atoms with Crippen LogP contribution in [-0.4, -0.2) is 54.9 Å². The maximum absolute atomic E-state index is 15.0. The Balaban J connectivity index is 1.74. The fourth-order valence-corrected chi connectivity index (χ4v) is 5.80. The highest BCUT2D eigenvalue weighted by Crippen LogP contribution is 2.38. The number of rotatable bonds is 8. The van der Waals surface area contributed by atoms with Gasteiger partial charge in [-0.05, 0) is 40.8 Å². The lowest BCUT2D eigenvalue weighted by atomic mass is 9.89. The standard InChI is InChI=1S/C29H29FO9S/c1-15(31)35-14-24-27(36-16(2)32)29(38-18(4)34)28(37-17(3)33)26(39-24)20-9-10-23(30)21(11-20)13-22-12-19-7-5-6-8-25(19)40-22/h5-12,24,26-29H,13-14H2,1-4H3/t24?,26-,27+,28?,29?/m0/s1. The number of carbonyl (C=O) groups is 4. The zero-order chi connectivity index (χ0) is 29.0. The highest BCUT2D eigenvalue weighted by molar-refractivity contribution is 7.19. The van der Waals surface area contributed by atoms with Gasteiger partial charge in [-0.15, -0.1) is 11.3 Å². The molecule has 1 aliphatic rings. The van der Waals surface area contributed by atoms with E-state index in [4.69, 9.17) is 23.7 Å². The number of benzene rings is 2. The zero-order valence-electron chi connectivity index (χ0n) is 22.4. The molecule has 1 fully saturated rings. The fraction of sp³-hybridized carbons (Fsp3) is 0.379. The Morgan fingerprint density at radius 3 is 2.12 bits per heavy atom. The van der Waals surface area contributed by atoms with Crippen molar-refractivity contribution in [3.05, 3.63) is 70.4 Å². The Bertz CT molecular complexity index is 1380. The van der Waals surface area contributed by atoms with E-state index in [1.54, 1.807) is 17.4 Å². The van der Waals surface area contributed by atoms with E-state index in [1.165, 1.54) is 26.0 Å². The van der Waals surface area contributed by atoms with Gasteiger partial charge in [0.25, 0.3) is 0 Å². The van der Waals surface area contributed by atoms with Crippen LogP contribution in [0.4, 0.5) is 4.39 Å². The van der Waals surface area contributed by atoms with Crippen LogP contribution >= 0.6 is 11.3 Å². The minimum Gasteiger partial charge on any atom is -0.463 e. The predicted molar refractivity (Wildman–Crippen MR) is 142 cm³/mol. The lowest BCUT2D eigenvalue weighted by Crippen LogP contribution is -2.59. The molecule has 0 amide bonds. The van der Waals surface area contributed by atoms with Crippen molar-refractivity contribution in [2.75, 3.05) is 6.61 Å². The molecular formula is C29H29FO9S. The van der Waals surface area contributed by atoms with Crippen molar-refractivity contribution in [2.24, 2.45) is 0 Å². The summed E-state index contributed by atoms with van der Waals surface area (Å²) >= 11 is 1.55. The molecule has 11 heteroatoms. The Kier molecular flexibility index (Phi) is 9.16. The van der Waals surface area contributed by atoms with Gasteiger partial charge < -0.3 is 23.7 Å². The molecule has 40 heavy (non-hydrogen) atoms.